The molecular formula is C20H24OSi. The first-order chi connectivity index (χ1) is 10.5. The lowest BCUT2D eigenvalue weighted by molar-refractivity contribution is 0.343. The SMILES string of the molecule is C[Si](C)(C)OC1=CCCC1(c1ccccc1)c1ccccc1. The Morgan fingerprint density at radius 2 is 1.32 bits per heavy atom. The molecule has 0 saturated carbocycles. The maximum absolute atomic E-state index is 6.52. The molecule has 22 heavy (non-hydrogen) atoms. The van der Waals surface area contributed by atoms with Crippen LogP contribution in [0.3, 0.4) is 0 Å². The first-order valence-electron chi connectivity index (χ1n) is 8.03. The molecule has 0 radical (unpaired) electrons. The van der Waals surface area contributed by atoms with Crippen LogP contribution in [0.25, 0.3) is 0 Å². The van der Waals surface area contributed by atoms with E-state index in [0.717, 1.165) is 18.6 Å². The highest BCUT2D eigenvalue weighted by Gasteiger charge is 2.43. The molecule has 1 nitrogen and oxygen atoms in total. The fourth-order valence-electron chi connectivity index (χ4n) is 3.36. The molecule has 114 valence electrons. The first-order valence-corrected chi connectivity index (χ1v) is 11.4. The Labute approximate surface area is 134 Å². The third kappa shape index (κ3) is 2.75. The molecule has 1 aliphatic rings. The van der Waals surface area contributed by atoms with Gasteiger partial charge in [0.25, 0.3) is 0 Å². The van der Waals surface area contributed by atoms with Gasteiger partial charge in [-0.05, 0) is 49.7 Å². The summed E-state index contributed by atoms with van der Waals surface area (Å²) in [5.41, 5.74) is 2.55. The molecule has 0 spiro atoms. The number of hydrogen-bond donors (Lipinski definition) is 0. The van der Waals surface area contributed by atoms with Gasteiger partial charge in [0.05, 0.1) is 11.2 Å². The van der Waals surface area contributed by atoms with Gasteiger partial charge in [0.2, 0.25) is 8.32 Å². The van der Waals surface area contributed by atoms with Crippen molar-refractivity contribution in [3.63, 3.8) is 0 Å². The van der Waals surface area contributed by atoms with E-state index in [1.54, 1.807) is 0 Å². The van der Waals surface area contributed by atoms with Crippen molar-refractivity contribution < 1.29 is 4.43 Å². The number of rotatable bonds is 4. The van der Waals surface area contributed by atoms with Crippen LogP contribution in [0.15, 0.2) is 72.5 Å². The molecule has 0 bridgehead atoms. The van der Waals surface area contributed by atoms with Gasteiger partial charge in [-0.15, -0.1) is 0 Å². The fourth-order valence-corrected chi connectivity index (χ4v) is 4.28. The number of hydrogen-bond acceptors (Lipinski definition) is 1. The lowest BCUT2D eigenvalue weighted by Crippen LogP contribution is -2.35. The van der Waals surface area contributed by atoms with E-state index < -0.39 is 8.32 Å². The molecule has 0 saturated heterocycles. The predicted octanol–water partition coefficient (Wildman–Crippen LogP) is 5.50. The molecule has 0 atom stereocenters. The Kier molecular flexibility index (Phi) is 3.96. The lowest BCUT2D eigenvalue weighted by atomic mass is 9.73. The highest BCUT2D eigenvalue weighted by Crippen LogP contribution is 2.48. The molecule has 2 aromatic rings. The molecule has 1 aliphatic carbocycles. The number of allylic oxidation sites excluding steroid dienone is 2. The van der Waals surface area contributed by atoms with Crippen molar-refractivity contribution in [3.8, 4) is 0 Å². The average Bonchev–Trinajstić information content (AvgIpc) is 2.91. The van der Waals surface area contributed by atoms with Gasteiger partial charge < -0.3 is 4.43 Å². The minimum absolute atomic E-state index is 0.122. The maximum atomic E-state index is 6.52. The second-order valence-electron chi connectivity index (χ2n) is 6.96. The van der Waals surface area contributed by atoms with Gasteiger partial charge in [0, 0.05) is 0 Å². The van der Waals surface area contributed by atoms with Gasteiger partial charge in [0.15, 0.2) is 0 Å². The van der Waals surface area contributed by atoms with Crippen LogP contribution >= 0.6 is 0 Å². The van der Waals surface area contributed by atoms with E-state index in [9.17, 15) is 0 Å². The van der Waals surface area contributed by atoms with E-state index in [4.69, 9.17) is 4.43 Å². The summed E-state index contributed by atoms with van der Waals surface area (Å²) in [6.07, 6.45) is 4.46. The molecule has 0 N–H and O–H groups in total. The van der Waals surface area contributed by atoms with Gasteiger partial charge in [-0.2, -0.15) is 0 Å². The van der Waals surface area contributed by atoms with Gasteiger partial charge in [-0.1, -0.05) is 60.7 Å². The standard InChI is InChI=1S/C20H24OSi/c1-22(2,3)21-19-15-10-16-20(19,17-11-6-4-7-12-17)18-13-8-5-9-14-18/h4-9,11-15H,10,16H2,1-3H3. The van der Waals surface area contributed by atoms with E-state index in [2.05, 4.69) is 86.4 Å². The fraction of sp³-hybridized carbons (Fsp3) is 0.300. The summed E-state index contributed by atoms with van der Waals surface area (Å²) in [5, 5.41) is 0. The van der Waals surface area contributed by atoms with Gasteiger partial charge in [-0.25, -0.2) is 0 Å². The Hall–Kier alpha value is -1.80. The summed E-state index contributed by atoms with van der Waals surface area (Å²) in [4.78, 5) is 0. The van der Waals surface area contributed by atoms with E-state index >= 15 is 0 Å². The van der Waals surface area contributed by atoms with Crippen LogP contribution in [0.2, 0.25) is 19.6 Å². The first kappa shape index (κ1) is 15.1. The largest absolute Gasteiger partial charge is 0.547 e. The van der Waals surface area contributed by atoms with Crippen LogP contribution in [0.4, 0.5) is 0 Å². The summed E-state index contributed by atoms with van der Waals surface area (Å²) in [6, 6.07) is 21.6. The molecule has 0 fully saturated rings. The van der Waals surface area contributed by atoms with E-state index in [-0.39, 0.29) is 5.41 Å². The van der Waals surface area contributed by atoms with Crippen molar-refractivity contribution in [2.45, 2.75) is 37.9 Å². The van der Waals surface area contributed by atoms with Crippen molar-refractivity contribution >= 4 is 8.32 Å². The Balaban J connectivity index is 2.15. The van der Waals surface area contributed by atoms with Crippen LogP contribution < -0.4 is 0 Å². The average molecular weight is 308 g/mol. The zero-order chi connectivity index (χ0) is 15.6. The van der Waals surface area contributed by atoms with Crippen LogP contribution in [0.1, 0.15) is 24.0 Å². The summed E-state index contributed by atoms with van der Waals surface area (Å²) in [7, 11) is -1.65. The summed E-state index contributed by atoms with van der Waals surface area (Å²) in [5.74, 6) is 1.16. The van der Waals surface area contributed by atoms with Crippen LogP contribution in [0, 0.1) is 0 Å². The third-order valence-corrected chi connectivity index (χ3v) is 5.05. The molecular weight excluding hydrogens is 284 g/mol. The Morgan fingerprint density at radius 1 is 0.818 bits per heavy atom. The zero-order valence-electron chi connectivity index (χ0n) is 13.7. The van der Waals surface area contributed by atoms with Crippen LogP contribution in [-0.2, 0) is 9.84 Å². The molecule has 0 unspecified atom stereocenters. The van der Waals surface area contributed by atoms with Crippen molar-refractivity contribution in [2.24, 2.45) is 0 Å². The summed E-state index contributed by atoms with van der Waals surface area (Å²) in [6.45, 7) is 6.77. The molecule has 3 rings (SSSR count). The zero-order valence-corrected chi connectivity index (χ0v) is 14.7. The van der Waals surface area contributed by atoms with E-state index in [0.29, 0.717) is 0 Å². The second kappa shape index (κ2) is 5.77. The molecule has 0 heterocycles. The lowest BCUT2D eigenvalue weighted by Gasteiger charge is -2.36. The second-order valence-corrected chi connectivity index (χ2v) is 11.4. The summed E-state index contributed by atoms with van der Waals surface area (Å²) < 4.78 is 6.52. The van der Waals surface area contributed by atoms with Gasteiger partial charge in [-0.3, -0.25) is 0 Å². The minimum Gasteiger partial charge on any atom is -0.547 e. The molecule has 2 aromatic carbocycles. The molecule has 0 aliphatic heterocycles. The highest BCUT2D eigenvalue weighted by molar-refractivity contribution is 6.70. The van der Waals surface area contributed by atoms with E-state index in [1.165, 1.54) is 11.1 Å². The van der Waals surface area contributed by atoms with E-state index in [1.807, 2.05) is 0 Å². The topological polar surface area (TPSA) is 9.23 Å². The molecule has 0 amide bonds. The van der Waals surface area contributed by atoms with Gasteiger partial charge in [0.1, 0.15) is 0 Å². The quantitative estimate of drug-likeness (QED) is 0.677. The normalized spacial score (nSPS) is 17.1. The molecule has 0 aromatic heterocycles. The van der Waals surface area contributed by atoms with Crippen molar-refractivity contribution in [1.29, 1.82) is 0 Å². The van der Waals surface area contributed by atoms with Crippen LogP contribution in [0.5, 0.6) is 0 Å². The Bertz CT molecular complexity index is 614. The predicted molar refractivity (Wildman–Crippen MR) is 95.4 cm³/mol. The monoisotopic (exact) mass is 308 g/mol. The minimum atomic E-state index is -1.65. The smallest absolute Gasteiger partial charge is 0.241 e. The molecule has 2 heteroatoms. The van der Waals surface area contributed by atoms with Crippen molar-refractivity contribution in [1.82, 2.24) is 0 Å². The van der Waals surface area contributed by atoms with Crippen LogP contribution in [-0.4, -0.2) is 8.32 Å². The summed E-state index contributed by atoms with van der Waals surface area (Å²) >= 11 is 0. The number of benzene rings is 2. The third-order valence-electron chi connectivity index (χ3n) is 4.22. The highest BCUT2D eigenvalue weighted by atomic mass is 28.4. The van der Waals surface area contributed by atoms with Gasteiger partial charge >= 0.3 is 0 Å². The van der Waals surface area contributed by atoms with Crippen molar-refractivity contribution in [2.75, 3.05) is 0 Å². The van der Waals surface area contributed by atoms with Crippen molar-refractivity contribution in [3.05, 3.63) is 83.6 Å². The Morgan fingerprint density at radius 3 is 1.77 bits per heavy atom. The maximum Gasteiger partial charge on any atom is 0.241 e.